The van der Waals surface area contributed by atoms with E-state index in [1.807, 2.05) is 0 Å². The molecule has 114 valence electrons. The van der Waals surface area contributed by atoms with E-state index in [0.717, 1.165) is 18.2 Å². The molecule has 0 saturated heterocycles. The summed E-state index contributed by atoms with van der Waals surface area (Å²) in [5.74, 6) is -0.196. The molecule has 0 aromatic heterocycles. The summed E-state index contributed by atoms with van der Waals surface area (Å²) in [6.45, 7) is -3.04. The van der Waals surface area contributed by atoms with Crippen LogP contribution >= 0.6 is 11.6 Å². The minimum absolute atomic E-state index is 0.0736. The molecule has 5 nitrogen and oxygen atoms in total. The second-order valence-electron chi connectivity index (χ2n) is 4.09. The first kappa shape index (κ1) is 15.8. The molecule has 0 fully saturated rings. The van der Waals surface area contributed by atoms with Crippen molar-refractivity contribution in [2.75, 3.05) is 0 Å². The molecule has 0 aliphatic carbocycles. The third kappa shape index (κ3) is 4.23. The lowest BCUT2D eigenvalue weighted by Gasteiger charge is -2.07. The number of benzene rings is 2. The van der Waals surface area contributed by atoms with Crippen LogP contribution in [-0.2, 0) is 0 Å². The molecule has 8 heteroatoms. The second-order valence-corrected chi connectivity index (χ2v) is 4.53. The first-order valence-corrected chi connectivity index (χ1v) is 6.36. The number of nitrogens with zero attached hydrogens (tertiary/aromatic N) is 2. The molecule has 0 aliphatic rings. The van der Waals surface area contributed by atoms with E-state index < -0.39 is 11.5 Å². The molecule has 0 saturated carbocycles. The number of nitro groups is 1. The van der Waals surface area contributed by atoms with Gasteiger partial charge in [-0.3, -0.25) is 15.1 Å². The Labute approximate surface area is 129 Å². The Morgan fingerprint density at radius 2 is 1.91 bits per heavy atom. The molecule has 0 unspecified atom stereocenters. The quantitative estimate of drug-likeness (QED) is 0.458. The number of rotatable bonds is 5. The Bertz CT molecular complexity index is 706. The number of halogens is 3. The van der Waals surface area contributed by atoms with Crippen LogP contribution in [0.2, 0.25) is 5.02 Å². The SMILES string of the molecule is O=[N+]([O-])c1ccc(OC(F)F)c(C=Nc2ccc(Cl)cc2)c1. The topological polar surface area (TPSA) is 64.7 Å². The Morgan fingerprint density at radius 1 is 1.23 bits per heavy atom. The predicted octanol–water partition coefficient (Wildman–Crippen LogP) is 4.60. The average Bonchev–Trinajstić information content (AvgIpc) is 2.47. The van der Waals surface area contributed by atoms with E-state index in [9.17, 15) is 18.9 Å². The summed E-state index contributed by atoms with van der Waals surface area (Å²) in [5.41, 5.74) is 0.336. The van der Waals surface area contributed by atoms with E-state index in [1.54, 1.807) is 24.3 Å². The van der Waals surface area contributed by atoms with Crippen molar-refractivity contribution in [1.82, 2.24) is 0 Å². The fourth-order valence-corrected chi connectivity index (χ4v) is 1.75. The lowest BCUT2D eigenvalue weighted by molar-refractivity contribution is -0.384. The number of ether oxygens (including phenoxy) is 1. The van der Waals surface area contributed by atoms with Gasteiger partial charge in [-0.1, -0.05) is 11.6 Å². The highest BCUT2D eigenvalue weighted by Crippen LogP contribution is 2.25. The Balaban J connectivity index is 2.35. The van der Waals surface area contributed by atoms with Crippen LogP contribution in [0.15, 0.2) is 47.5 Å². The number of aliphatic imine (C=N–C) groups is 1. The molecule has 0 bridgehead atoms. The van der Waals surface area contributed by atoms with E-state index in [-0.39, 0.29) is 17.0 Å². The highest BCUT2D eigenvalue weighted by molar-refractivity contribution is 6.30. The number of hydrogen-bond donors (Lipinski definition) is 0. The van der Waals surface area contributed by atoms with Gasteiger partial charge < -0.3 is 4.74 Å². The second kappa shape index (κ2) is 6.95. The molecular weight excluding hydrogens is 318 g/mol. The van der Waals surface area contributed by atoms with Gasteiger partial charge in [-0.05, 0) is 30.3 Å². The molecule has 0 aliphatic heterocycles. The smallest absolute Gasteiger partial charge is 0.387 e. The first-order chi connectivity index (χ1) is 10.5. The third-order valence-corrected chi connectivity index (χ3v) is 2.85. The fourth-order valence-electron chi connectivity index (χ4n) is 1.62. The highest BCUT2D eigenvalue weighted by atomic mass is 35.5. The molecule has 0 amide bonds. The summed E-state index contributed by atoms with van der Waals surface area (Å²) < 4.78 is 29.0. The number of hydrogen-bond acceptors (Lipinski definition) is 4. The van der Waals surface area contributed by atoms with Crippen molar-refractivity contribution in [3.05, 3.63) is 63.2 Å². The number of alkyl halides is 2. The normalized spacial score (nSPS) is 11.1. The van der Waals surface area contributed by atoms with Crippen LogP contribution in [0.5, 0.6) is 5.75 Å². The number of nitro benzene ring substituents is 1. The van der Waals surface area contributed by atoms with E-state index >= 15 is 0 Å². The van der Waals surface area contributed by atoms with Crippen LogP contribution in [-0.4, -0.2) is 17.7 Å². The molecular formula is C14H9ClF2N2O3. The maximum atomic E-state index is 12.4. The molecule has 0 radical (unpaired) electrons. The standard InChI is InChI=1S/C14H9ClF2N2O3/c15-10-1-3-11(4-2-10)18-8-9-7-12(19(20)21)5-6-13(9)22-14(16)17/h1-8,14H. The largest absolute Gasteiger partial charge is 0.434 e. The minimum Gasteiger partial charge on any atom is -0.434 e. The van der Waals surface area contributed by atoms with Crippen LogP contribution in [0.4, 0.5) is 20.2 Å². The Kier molecular flexibility index (Phi) is 5.00. The number of non-ortho nitro benzene ring substituents is 1. The summed E-state index contributed by atoms with van der Waals surface area (Å²) in [7, 11) is 0. The van der Waals surface area contributed by atoms with Crippen LogP contribution in [0.3, 0.4) is 0 Å². The van der Waals surface area contributed by atoms with Gasteiger partial charge >= 0.3 is 6.61 Å². The molecule has 2 rings (SSSR count). The summed E-state index contributed by atoms with van der Waals surface area (Å²) in [5, 5.41) is 11.3. The summed E-state index contributed by atoms with van der Waals surface area (Å²) in [6, 6.07) is 9.74. The van der Waals surface area contributed by atoms with Gasteiger partial charge in [0.15, 0.2) is 0 Å². The maximum Gasteiger partial charge on any atom is 0.387 e. The van der Waals surface area contributed by atoms with Gasteiger partial charge in [-0.2, -0.15) is 8.78 Å². The van der Waals surface area contributed by atoms with E-state index in [4.69, 9.17) is 11.6 Å². The molecule has 2 aromatic rings. The minimum atomic E-state index is -3.04. The predicted molar refractivity (Wildman–Crippen MR) is 78.4 cm³/mol. The fraction of sp³-hybridized carbons (Fsp3) is 0.0714. The summed E-state index contributed by atoms with van der Waals surface area (Å²) in [6.07, 6.45) is 1.22. The van der Waals surface area contributed by atoms with Crippen molar-refractivity contribution in [2.24, 2.45) is 4.99 Å². The molecule has 2 aromatic carbocycles. The van der Waals surface area contributed by atoms with Crippen molar-refractivity contribution < 1.29 is 18.4 Å². The molecule has 22 heavy (non-hydrogen) atoms. The van der Waals surface area contributed by atoms with E-state index in [0.29, 0.717) is 10.7 Å². The molecule has 0 spiro atoms. The molecule has 0 N–H and O–H groups in total. The van der Waals surface area contributed by atoms with Crippen molar-refractivity contribution in [3.63, 3.8) is 0 Å². The Morgan fingerprint density at radius 3 is 2.50 bits per heavy atom. The third-order valence-electron chi connectivity index (χ3n) is 2.60. The van der Waals surface area contributed by atoms with Gasteiger partial charge in [0.05, 0.1) is 10.6 Å². The molecule has 0 atom stereocenters. The van der Waals surface area contributed by atoms with Crippen LogP contribution in [0, 0.1) is 10.1 Å². The lowest BCUT2D eigenvalue weighted by Crippen LogP contribution is -2.04. The van der Waals surface area contributed by atoms with Gasteiger partial charge in [-0.15, -0.1) is 0 Å². The zero-order valence-electron chi connectivity index (χ0n) is 10.9. The summed E-state index contributed by atoms with van der Waals surface area (Å²) >= 11 is 5.74. The summed E-state index contributed by atoms with van der Waals surface area (Å²) in [4.78, 5) is 14.2. The van der Waals surface area contributed by atoms with Crippen molar-refractivity contribution in [2.45, 2.75) is 6.61 Å². The maximum absolute atomic E-state index is 12.4. The zero-order chi connectivity index (χ0) is 16.1. The van der Waals surface area contributed by atoms with Crippen LogP contribution in [0.1, 0.15) is 5.56 Å². The van der Waals surface area contributed by atoms with Gasteiger partial charge in [-0.25, -0.2) is 0 Å². The molecule has 0 heterocycles. The van der Waals surface area contributed by atoms with Gasteiger partial charge in [0.25, 0.3) is 5.69 Å². The van der Waals surface area contributed by atoms with E-state index in [1.165, 1.54) is 6.21 Å². The zero-order valence-corrected chi connectivity index (χ0v) is 11.7. The monoisotopic (exact) mass is 326 g/mol. The van der Waals surface area contributed by atoms with Crippen LogP contribution < -0.4 is 4.74 Å². The average molecular weight is 327 g/mol. The van der Waals surface area contributed by atoms with Gasteiger partial charge in [0, 0.05) is 28.9 Å². The highest BCUT2D eigenvalue weighted by Gasteiger charge is 2.13. The van der Waals surface area contributed by atoms with Crippen molar-refractivity contribution in [3.8, 4) is 5.75 Å². The van der Waals surface area contributed by atoms with Crippen molar-refractivity contribution >= 4 is 29.2 Å². The van der Waals surface area contributed by atoms with Gasteiger partial charge in [0.1, 0.15) is 5.75 Å². The lowest BCUT2D eigenvalue weighted by atomic mass is 10.2. The van der Waals surface area contributed by atoms with Crippen molar-refractivity contribution in [1.29, 1.82) is 0 Å². The first-order valence-electron chi connectivity index (χ1n) is 5.98. The van der Waals surface area contributed by atoms with Crippen LogP contribution in [0.25, 0.3) is 0 Å². The Hall–Kier alpha value is -2.54. The van der Waals surface area contributed by atoms with Gasteiger partial charge in [0.2, 0.25) is 0 Å². The van der Waals surface area contributed by atoms with E-state index in [2.05, 4.69) is 9.73 Å².